The zero-order valence-electron chi connectivity index (χ0n) is 12.0. The summed E-state index contributed by atoms with van der Waals surface area (Å²) in [5.41, 5.74) is 0.803. The van der Waals surface area contributed by atoms with Crippen molar-refractivity contribution in [2.45, 2.75) is 37.2 Å². The van der Waals surface area contributed by atoms with Gasteiger partial charge < -0.3 is 0 Å². The van der Waals surface area contributed by atoms with E-state index in [0.29, 0.717) is 17.3 Å². The summed E-state index contributed by atoms with van der Waals surface area (Å²) in [5, 5.41) is 1.95. The molecule has 0 aliphatic carbocycles. The number of hydrogen-bond acceptors (Lipinski definition) is 3. The number of alkyl halides is 1. The fourth-order valence-corrected chi connectivity index (χ4v) is 4.66. The van der Waals surface area contributed by atoms with E-state index in [9.17, 15) is 8.42 Å². The molecule has 0 unspecified atom stereocenters. The summed E-state index contributed by atoms with van der Waals surface area (Å²) < 4.78 is 27.2. The summed E-state index contributed by atoms with van der Waals surface area (Å²) in [5.74, 6) is 0.302. The molecule has 1 aromatic heterocycles. The average Bonchev–Trinajstić information content (AvgIpc) is 2.97. The van der Waals surface area contributed by atoms with Crippen LogP contribution in [0.5, 0.6) is 0 Å². The van der Waals surface area contributed by atoms with E-state index in [2.05, 4.69) is 0 Å². The topological polar surface area (TPSA) is 37.4 Å². The normalized spacial score (nSPS) is 12.2. The van der Waals surface area contributed by atoms with Crippen molar-refractivity contribution >= 4 is 33.0 Å². The number of benzene rings is 1. The highest BCUT2D eigenvalue weighted by molar-refractivity contribution is 7.89. The van der Waals surface area contributed by atoms with Crippen molar-refractivity contribution in [1.29, 1.82) is 0 Å². The molecule has 2 rings (SSSR count). The Labute approximate surface area is 135 Å². The van der Waals surface area contributed by atoms with E-state index >= 15 is 0 Å². The predicted molar refractivity (Wildman–Crippen MR) is 88.2 cm³/mol. The van der Waals surface area contributed by atoms with Gasteiger partial charge in [0.2, 0.25) is 10.0 Å². The summed E-state index contributed by atoms with van der Waals surface area (Å²) in [7, 11) is -3.53. The van der Waals surface area contributed by atoms with Crippen molar-refractivity contribution in [2.75, 3.05) is 0 Å². The molecule has 1 aromatic carbocycles. The van der Waals surface area contributed by atoms with Crippen molar-refractivity contribution in [3.8, 4) is 0 Å². The van der Waals surface area contributed by atoms with Gasteiger partial charge in [0, 0.05) is 23.3 Å². The van der Waals surface area contributed by atoms with Gasteiger partial charge in [-0.05, 0) is 43.0 Å². The van der Waals surface area contributed by atoms with Crippen LogP contribution in [0, 0.1) is 0 Å². The van der Waals surface area contributed by atoms with Crippen LogP contribution in [-0.4, -0.2) is 18.8 Å². The monoisotopic (exact) mass is 343 g/mol. The lowest BCUT2D eigenvalue weighted by atomic mass is 10.2. The van der Waals surface area contributed by atoms with Gasteiger partial charge in [0.15, 0.2) is 0 Å². The second kappa shape index (κ2) is 6.92. The quantitative estimate of drug-likeness (QED) is 0.741. The molecule has 0 aliphatic heterocycles. The molecular weight excluding hydrogens is 326 g/mol. The van der Waals surface area contributed by atoms with Crippen LogP contribution in [0.3, 0.4) is 0 Å². The lowest BCUT2D eigenvalue weighted by molar-refractivity contribution is 0.350. The minimum atomic E-state index is -3.53. The minimum absolute atomic E-state index is 0.114. The fraction of sp³-hybridized carbons (Fsp3) is 0.333. The largest absolute Gasteiger partial charge is 0.243 e. The average molecular weight is 344 g/mol. The molecule has 21 heavy (non-hydrogen) atoms. The molecule has 0 bridgehead atoms. The van der Waals surface area contributed by atoms with Gasteiger partial charge in [-0.1, -0.05) is 18.2 Å². The molecule has 0 atom stereocenters. The second-order valence-corrected chi connectivity index (χ2v) is 8.19. The molecule has 3 nitrogen and oxygen atoms in total. The highest BCUT2D eigenvalue weighted by Crippen LogP contribution is 2.23. The zero-order chi connectivity index (χ0) is 15.5. The molecule has 2 aromatic rings. The van der Waals surface area contributed by atoms with Crippen LogP contribution in [0.4, 0.5) is 0 Å². The van der Waals surface area contributed by atoms with Crippen molar-refractivity contribution < 1.29 is 8.42 Å². The molecule has 6 heteroatoms. The number of hydrogen-bond donors (Lipinski definition) is 0. The number of nitrogens with zero attached hydrogens (tertiary/aromatic N) is 1. The van der Waals surface area contributed by atoms with E-state index in [1.165, 1.54) is 4.31 Å². The summed E-state index contributed by atoms with van der Waals surface area (Å²) >= 11 is 7.36. The Balaban J connectivity index is 2.37. The first-order valence-corrected chi connectivity index (χ1v) is 9.49. The Hall–Kier alpha value is -0.880. The van der Waals surface area contributed by atoms with E-state index in [-0.39, 0.29) is 6.04 Å². The summed E-state index contributed by atoms with van der Waals surface area (Å²) in [4.78, 5) is 1.33. The number of sulfonamides is 1. The van der Waals surface area contributed by atoms with Gasteiger partial charge in [0.25, 0.3) is 0 Å². The third-order valence-electron chi connectivity index (χ3n) is 3.13. The second-order valence-electron chi connectivity index (χ2n) is 5.00. The molecule has 0 aliphatic rings. The van der Waals surface area contributed by atoms with Gasteiger partial charge >= 0.3 is 0 Å². The highest BCUT2D eigenvalue weighted by Gasteiger charge is 2.27. The third kappa shape index (κ3) is 3.86. The molecule has 114 valence electrons. The Morgan fingerprint density at radius 2 is 2.00 bits per heavy atom. The summed E-state index contributed by atoms with van der Waals surface area (Å²) in [6.45, 7) is 4.16. The van der Waals surface area contributed by atoms with E-state index < -0.39 is 10.0 Å². The fourth-order valence-electron chi connectivity index (χ4n) is 2.03. The molecule has 0 radical (unpaired) electrons. The van der Waals surface area contributed by atoms with Gasteiger partial charge in [-0.15, -0.1) is 22.9 Å². The Kier molecular flexibility index (Phi) is 5.43. The molecule has 0 N–H and O–H groups in total. The SMILES string of the molecule is CC(C)N(Cc1cccs1)S(=O)(=O)c1cccc(CCl)c1. The standard InChI is InChI=1S/C15H18ClNO2S2/c1-12(2)17(11-14-6-4-8-20-14)21(18,19)15-7-3-5-13(9-15)10-16/h3-9,12H,10-11H2,1-2H3. The molecule has 0 spiro atoms. The number of thiophene rings is 1. The van der Waals surface area contributed by atoms with Crippen molar-refractivity contribution in [3.63, 3.8) is 0 Å². The van der Waals surface area contributed by atoms with E-state index in [4.69, 9.17) is 11.6 Å². The Morgan fingerprint density at radius 3 is 2.57 bits per heavy atom. The van der Waals surface area contributed by atoms with E-state index in [1.807, 2.05) is 37.4 Å². The molecule has 0 saturated carbocycles. The highest BCUT2D eigenvalue weighted by atomic mass is 35.5. The lowest BCUT2D eigenvalue weighted by Crippen LogP contribution is -2.36. The zero-order valence-corrected chi connectivity index (χ0v) is 14.4. The van der Waals surface area contributed by atoms with Crippen LogP contribution in [0.1, 0.15) is 24.3 Å². The first-order chi connectivity index (χ1) is 9.95. The van der Waals surface area contributed by atoms with Gasteiger partial charge in [-0.3, -0.25) is 0 Å². The van der Waals surface area contributed by atoms with Crippen LogP contribution in [0.2, 0.25) is 0 Å². The molecule has 0 saturated heterocycles. The van der Waals surface area contributed by atoms with E-state index in [1.54, 1.807) is 29.5 Å². The van der Waals surface area contributed by atoms with Gasteiger partial charge in [-0.2, -0.15) is 4.31 Å². The first-order valence-electron chi connectivity index (χ1n) is 6.64. The van der Waals surface area contributed by atoms with Crippen molar-refractivity contribution in [2.24, 2.45) is 0 Å². The Bertz CT molecular complexity index is 681. The van der Waals surface area contributed by atoms with Gasteiger partial charge in [0.1, 0.15) is 0 Å². The van der Waals surface area contributed by atoms with Crippen molar-refractivity contribution in [3.05, 3.63) is 52.2 Å². The number of halogens is 1. The van der Waals surface area contributed by atoms with Crippen LogP contribution in [-0.2, 0) is 22.4 Å². The Morgan fingerprint density at radius 1 is 1.24 bits per heavy atom. The predicted octanol–water partition coefficient (Wildman–Crippen LogP) is 4.09. The first kappa shape index (κ1) is 16.5. The van der Waals surface area contributed by atoms with Gasteiger partial charge in [0.05, 0.1) is 4.90 Å². The molecule has 0 amide bonds. The molecular formula is C15H18ClNO2S2. The van der Waals surface area contributed by atoms with Crippen LogP contribution < -0.4 is 0 Å². The van der Waals surface area contributed by atoms with Crippen LogP contribution >= 0.6 is 22.9 Å². The van der Waals surface area contributed by atoms with Gasteiger partial charge in [-0.25, -0.2) is 8.42 Å². The van der Waals surface area contributed by atoms with Crippen LogP contribution in [0.25, 0.3) is 0 Å². The smallest absolute Gasteiger partial charge is 0.207 e. The number of rotatable bonds is 6. The minimum Gasteiger partial charge on any atom is -0.207 e. The van der Waals surface area contributed by atoms with Crippen LogP contribution in [0.15, 0.2) is 46.7 Å². The van der Waals surface area contributed by atoms with E-state index in [0.717, 1.165) is 10.4 Å². The summed E-state index contributed by atoms with van der Waals surface area (Å²) in [6.07, 6.45) is 0. The lowest BCUT2D eigenvalue weighted by Gasteiger charge is -2.25. The molecule has 1 heterocycles. The maximum absolute atomic E-state index is 12.9. The third-order valence-corrected chi connectivity index (χ3v) is 6.31. The van der Waals surface area contributed by atoms with Crippen molar-refractivity contribution in [1.82, 2.24) is 4.31 Å². The maximum Gasteiger partial charge on any atom is 0.243 e. The maximum atomic E-state index is 12.9. The molecule has 0 fully saturated rings. The summed E-state index contributed by atoms with van der Waals surface area (Å²) in [6, 6.07) is 10.6.